The van der Waals surface area contributed by atoms with Crippen LogP contribution < -0.4 is 5.32 Å². The highest BCUT2D eigenvalue weighted by Crippen LogP contribution is 2.36. The zero-order chi connectivity index (χ0) is 16.4. The second kappa shape index (κ2) is 7.14. The molecule has 2 amide bonds. The van der Waals surface area contributed by atoms with E-state index in [4.69, 9.17) is 0 Å². The van der Waals surface area contributed by atoms with Gasteiger partial charge in [-0.25, -0.2) is 4.79 Å². The number of rotatable bonds is 3. The highest BCUT2D eigenvalue weighted by atomic mass is 32.2. The van der Waals surface area contributed by atoms with Crippen LogP contribution in [0.2, 0.25) is 0 Å². The average molecular weight is 334 g/mol. The molecule has 0 radical (unpaired) electrons. The standard InChI is InChI=1S/C18H26N2O2S/c1-12-6-7-17-14(10-12)15(8-9-23-17)19-18(22)20(2)11-13-4-3-5-16(13)21/h6-7,10,13,15-16,21H,3-5,8-9,11H2,1-2H3,(H,19,22)/t13-,15-,16-/m1/s1. The number of hydrogen-bond donors (Lipinski definition) is 2. The molecule has 2 N–H and O–H groups in total. The lowest BCUT2D eigenvalue weighted by molar-refractivity contribution is 0.113. The number of hydrogen-bond acceptors (Lipinski definition) is 3. The predicted octanol–water partition coefficient (Wildman–Crippen LogP) is 3.33. The average Bonchev–Trinajstić information content (AvgIpc) is 2.93. The summed E-state index contributed by atoms with van der Waals surface area (Å²) in [5.41, 5.74) is 2.47. The van der Waals surface area contributed by atoms with Gasteiger partial charge in [0.25, 0.3) is 0 Å². The minimum atomic E-state index is -0.250. The molecule has 5 heteroatoms. The molecule has 23 heavy (non-hydrogen) atoms. The summed E-state index contributed by atoms with van der Waals surface area (Å²) >= 11 is 1.87. The number of benzene rings is 1. The Hall–Kier alpha value is -1.20. The van der Waals surface area contributed by atoms with Gasteiger partial charge in [-0.2, -0.15) is 0 Å². The fourth-order valence-electron chi connectivity index (χ4n) is 3.59. The van der Waals surface area contributed by atoms with Gasteiger partial charge in [-0.3, -0.25) is 0 Å². The Bertz CT molecular complexity index is 578. The molecular formula is C18H26N2O2S. The van der Waals surface area contributed by atoms with Gasteiger partial charge >= 0.3 is 6.03 Å². The molecule has 1 saturated carbocycles. The Kier molecular flexibility index (Phi) is 5.17. The molecule has 1 aromatic rings. The van der Waals surface area contributed by atoms with Crippen LogP contribution in [0.25, 0.3) is 0 Å². The number of fused-ring (bicyclic) bond motifs is 1. The molecule has 1 fully saturated rings. The maximum absolute atomic E-state index is 12.5. The molecular weight excluding hydrogens is 308 g/mol. The van der Waals surface area contributed by atoms with E-state index in [2.05, 4.69) is 30.4 Å². The first kappa shape index (κ1) is 16.7. The minimum Gasteiger partial charge on any atom is -0.393 e. The van der Waals surface area contributed by atoms with Crippen LogP contribution in [0.4, 0.5) is 4.79 Å². The number of urea groups is 1. The molecule has 4 nitrogen and oxygen atoms in total. The van der Waals surface area contributed by atoms with Gasteiger partial charge in [-0.15, -0.1) is 11.8 Å². The highest BCUT2D eigenvalue weighted by Gasteiger charge is 2.29. The van der Waals surface area contributed by atoms with Gasteiger partial charge in [0.1, 0.15) is 0 Å². The van der Waals surface area contributed by atoms with Crippen molar-refractivity contribution < 1.29 is 9.90 Å². The number of carbonyl (C=O) groups is 1. The third kappa shape index (κ3) is 3.83. The lowest BCUT2D eigenvalue weighted by atomic mass is 10.0. The molecule has 0 saturated heterocycles. The van der Waals surface area contributed by atoms with Crippen LogP contribution >= 0.6 is 11.8 Å². The molecule has 0 spiro atoms. The second-order valence-electron chi connectivity index (χ2n) is 6.82. The largest absolute Gasteiger partial charge is 0.393 e. The normalized spacial score (nSPS) is 26.7. The van der Waals surface area contributed by atoms with Crippen LogP contribution in [-0.4, -0.2) is 41.5 Å². The molecule has 0 aromatic heterocycles. The molecule has 2 aliphatic rings. The quantitative estimate of drug-likeness (QED) is 0.891. The lowest BCUT2D eigenvalue weighted by Gasteiger charge is -2.30. The van der Waals surface area contributed by atoms with Crippen LogP contribution in [0.5, 0.6) is 0 Å². The number of thioether (sulfide) groups is 1. The van der Waals surface area contributed by atoms with Crippen LogP contribution in [0.1, 0.15) is 42.9 Å². The lowest BCUT2D eigenvalue weighted by Crippen LogP contribution is -2.43. The van der Waals surface area contributed by atoms with E-state index in [1.165, 1.54) is 16.0 Å². The number of aliphatic hydroxyl groups excluding tert-OH is 1. The minimum absolute atomic E-state index is 0.0338. The second-order valence-corrected chi connectivity index (χ2v) is 7.96. The molecule has 1 aliphatic carbocycles. The zero-order valence-corrected chi connectivity index (χ0v) is 14.7. The summed E-state index contributed by atoms with van der Waals surface area (Å²) in [5.74, 6) is 1.26. The molecule has 3 atom stereocenters. The summed E-state index contributed by atoms with van der Waals surface area (Å²) in [4.78, 5) is 15.5. The maximum Gasteiger partial charge on any atom is 0.317 e. The Balaban J connectivity index is 1.63. The van der Waals surface area contributed by atoms with E-state index in [9.17, 15) is 9.90 Å². The number of carbonyl (C=O) groups excluding carboxylic acids is 1. The molecule has 1 aliphatic heterocycles. The summed E-state index contributed by atoms with van der Waals surface area (Å²) in [6.45, 7) is 2.72. The third-order valence-electron chi connectivity index (χ3n) is 4.98. The van der Waals surface area contributed by atoms with Crippen molar-refractivity contribution in [3.05, 3.63) is 29.3 Å². The van der Waals surface area contributed by atoms with Crippen molar-refractivity contribution in [2.24, 2.45) is 5.92 Å². The summed E-state index contributed by atoms with van der Waals surface area (Å²) in [6, 6.07) is 6.53. The molecule has 126 valence electrons. The van der Waals surface area contributed by atoms with Crippen molar-refractivity contribution in [1.29, 1.82) is 0 Å². The van der Waals surface area contributed by atoms with Crippen LogP contribution in [-0.2, 0) is 0 Å². The van der Waals surface area contributed by atoms with Crippen molar-refractivity contribution >= 4 is 17.8 Å². The predicted molar refractivity (Wildman–Crippen MR) is 93.8 cm³/mol. The molecule has 0 bridgehead atoms. The van der Waals surface area contributed by atoms with Crippen molar-refractivity contribution in [2.75, 3.05) is 19.3 Å². The van der Waals surface area contributed by atoms with Gasteiger partial charge in [-0.05, 0) is 37.8 Å². The topological polar surface area (TPSA) is 52.6 Å². The monoisotopic (exact) mass is 334 g/mol. The van der Waals surface area contributed by atoms with Crippen molar-refractivity contribution in [1.82, 2.24) is 10.2 Å². The first-order valence-corrected chi connectivity index (χ1v) is 9.46. The fraction of sp³-hybridized carbons (Fsp3) is 0.611. The van der Waals surface area contributed by atoms with Crippen LogP contribution in [0, 0.1) is 12.8 Å². The third-order valence-corrected chi connectivity index (χ3v) is 6.10. The number of amides is 2. The Morgan fingerprint density at radius 3 is 2.96 bits per heavy atom. The van der Waals surface area contributed by atoms with Gasteiger partial charge in [0, 0.05) is 30.2 Å². The zero-order valence-electron chi connectivity index (χ0n) is 13.9. The first-order valence-electron chi connectivity index (χ1n) is 8.47. The smallest absolute Gasteiger partial charge is 0.317 e. The van der Waals surface area contributed by atoms with Crippen LogP contribution in [0.15, 0.2) is 23.1 Å². The van der Waals surface area contributed by atoms with E-state index in [-0.39, 0.29) is 24.1 Å². The molecule has 1 heterocycles. The van der Waals surface area contributed by atoms with Crippen LogP contribution in [0.3, 0.4) is 0 Å². The Morgan fingerprint density at radius 1 is 1.39 bits per heavy atom. The highest BCUT2D eigenvalue weighted by molar-refractivity contribution is 7.99. The summed E-state index contributed by atoms with van der Waals surface area (Å²) < 4.78 is 0. The molecule has 3 rings (SSSR count). The summed E-state index contributed by atoms with van der Waals surface area (Å²) in [5, 5.41) is 13.1. The van der Waals surface area contributed by atoms with Gasteiger partial charge in [0.2, 0.25) is 0 Å². The van der Waals surface area contributed by atoms with Gasteiger partial charge in [0.05, 0.1) is 12.1 Å². The summed E-state index contributed by atoms with van der Waals surface area (Å²) in [6.07, 6.45) is 3.66. The number of aryl methyl sites for hydroxylation is 1. The Morgan fingerprint density at radius 2 is 2.22 bits per heavy atom. The van der Waals surface area contributed by atoms with E-state index in [1.807, 2.05) is 18.8 Å². The van der Waals surface area contributed by atoms with Gasteiger partial charge in [-0.1, -0.05) is 24.1 Å². The molecule has 1 aromatic carbocycles. The number of nitrogens with zero attached hydrogens (tertiary/aromatic N) is 1. The maximum atomic E-state index is 12.5. The number of nitrogens with one attached hydrogen (secondary N) is 1. The Labute approximate surface area is 142 Å². The van der Waals surface area contributed by atoms with E-state index in [1.54, 1.807) is 4.90 Å². The number of aliphatic hydroxyl groups is 1. The molecule has 0 unspecified atom stereocenters. The van der Waals surface area contributed by atoms with Gasteiger partial charge < -0.3 is 15.3 Å². The van der Waals surface area contributed by atoms with Crippen molar-refractivity contribution in [3.63, 3.8) is 0 Å². The van der Waals surface area contributed by atoms with E-state index >= 15 is 0 Å². The van der Waals surface area contributed by atoms with Crippen molar-refractivity contribution in [3.8, 4) is 0 Å². The summed E-state index contributed by atoms with van der Waals surface area (Å²) in [7, 11) is 1.83. The van der Waals surface area contributed by atoms with Crippen molar-refractivity contribution in [2.45, 2.75) is 49.6 Å². The first-order chi connectivity index (χ1) is 11.0. The van der Waals surface area contributed by atoms with Gasteiger partial charge in [0.15, 0.2) is 0 Å². The fourth-order valence-corrected chi connectivity index (χ4v) is 4.69. The van der Waals surface area contributed by atoms with E-state index < -0.39 is 0 Å². The van der Waals surface area contributed by atoms with E-state index in [0.29, 0.717) is 6.54 Å². The van der Waals surface area contributed by atoms with E-state index in [0.717, 1.165) is 31.4 Å². The SMILES string of the molecule is Cc1ccc2c(c1)[C@H](NC(=O)N(C)C[C@H]1CCC[C@H]1O)CCS2.